The van der Waals surface area contributed by atoms with Crippen molar-refractivity contribution in [1.29, 1.82) is 0 Å². The zero-order valence-electron chi connectivity index (χ0n) is 8.95. The van der Waals surface area contributed by atoms with Crippen molar-refractivity contribution in [2.24, 2.45) is 11.7 Å². The highest BCUT2D eigenvalue weighted by Gasteiger charge is 2.08. The number of ether oxygens (including phenoxy) is 1. The van der Waals surface area contributed by atoms with Crippen LogP contribution in [0.25, 0.3) is 0 Å². The SMILES string of the molecule is COc1cnc(CN)nc1CC(C)C. The summed E-state index contributed by atoms with van der Waals surface area (Å²) < 4.78 is 5.18. The summed E-state index contributed by atoms with van der Waals surface area (Å²) in [6, 6.07) is 0. The lowest BCUT2D eigenvalue weighted by Gasteiger charge is -2.09. The van der Waals surface area contributed by atoms with E-state index in [4.69, 9.17) is 10.5 Å². The molecule has 0 aliphatic heterocycles. The van der Waals surface area contributed by atoms with Gasteiger partial charge in [-0.15, -0.1) is 0 Å². The molecule has 0 bridgehead atoms. The van der Waals surface area contributed by atoms with Crippen molar-refractivity contribution in [2.75, 3.05) is 7.11 Å². The molecule has 0 atom stereocenters. The van der Waals surface area contributed by atoms with Gasteiger partial charge in [0, 0.05) is 0 Å². The molecule has 2 N–H and O–H groups in total. The molecule has 0 aliphatic carbocycles. The van der Waals surface area contributed by atoms with E-state index in [2.05, 4.69) is 23.8 Å². The van der Waals surface area contributed by atoms with E-state index in [1.807, 2.05) is 0 Å². The van der Waals surface area contributed by atoms with Gasteiger partial charge in [0.25, 0.3) is 0 Å². The van der Waals surface area contributed by atoms with Crippen molar-refractivity contribution in [3.63, 3.8) is 0 Å². The maximum Gasteiger partial charge on any atom is 0.158 e. The average molecular weight is 195 g/mol. The second kappa shape index (κ2) is 4.91. The summed E-state index contributed by atoms with van der Waals surface area (Å²) in [5.74, 6) is 1.96. The fraction of sp³-hybridized carbons (Fsp3) is 0.600. The quantitative estimate of drug-likeness (QED) is 0.782. The largest absolute Gasteiger partial charge is 0.493 e. The van der Waals surface area contributed by atoms with E-state index in [1.54, 1.807) is 13.3 Å². The fourth-order valence-electron chi connectivity index (χ4n) is 1.25. The van der Waals surface area contributed by atoms with Crippen LogP contribution in [0, 0.1) is 5.92 Å². The molecule has 0 saturated heterocycles. The van der Waals surface area contributed by atoms with Crippen LogP contribution in [0.1, 0.15) is 25.4 Å². The number of hydrogen-bond donors (Lipinski definition) is 1. The van der Waals surface area contributed by atoms with Gasteiger partial charge in [-0.05, 0) is 12.3 Å². The first kappa shape index (κ1) is 10.9. The molecule has 0 radical (unpaired) electrons. The van der Waals surface area contributed by atoms with Crippen LogP contribution in [0.15, 0.2) is 6.20 Å². The van der Waals surface area contributed by atoms with Crippen molar-refractivity contribution in [2.45, 2.75) is 26.8 Å². The Morgan fingerprint density at radius 2 is 2.21 bits per heavy atom. The Morgan fingerprint density at radius 1 is 1.50 bits per heavy atom. The molecule has 1 heterocycles. The van der Waals surface area contributed by atoms with Crippen LogP contribution in [0.3, 0.4) is 0 Å². The first-order chi connectivity index (χ1) is 6.67. The standard InChI is InChI=1S/C10H17N3O/c1-7(2)4-8-9(14-3)6-12-10(5-11)13-8/h6-7H,4-5,11H2,1-3H3. The van der Waals surface area contributed by atoms with Crippen molar-refractivity contribution < 1.29 is 4.74 Å². The lowest BCUT2D eigenvalue weighted by Crippen LogP contribution is -2.08. The van der Waals surface area contributed by atoms with Gasteiger partial charge in [-0.25, -0.2) is 9.97 Å². The monoisotopic (exact) mass is 195 g/mol. The lowest BCUT2D eigenvalue weighted by molar-refractivity contribution is 0.400. The number of methoxy groups -OCH3 is 1. The smallest absolute Gasteiger partial charge is 0.158 e. The second-order valence-corrected chi connectivity index (χ2v) is 3.60. The topological polar surface area (TPSA) is 61.0 Å². The highest BCUT2D eigenvalue weighted by molar-refractivity contribution is 5.25. The van der Waals surface area contributed by atoms with Gasteiger partial charge in [0.1, 0.15) is 5.82 Å². The third kappa shape index (κ3) is 2.67. The van der Waals surface area contributed by atoms with Gasteiger partial charge in [0.15, 0.2) is 5.75 Å². The maximum absolute atomic E-state index is 5.48. The van der Waals surface area contributed by atoms with Crippen LogP contribution in [-0.2, 0) is 13.0 Å². The number of hydrogen-bond acceptors (Lipinski definition) is 4. The van der Waals surface area contributed by atoms with Gasteiger partial charge in [-0.1, -0.05) is 13.8 Å². The van der Waals surface area contributed by atoms with E-state index >= 15 is 0 Å². The number of nitrogens with two attached hydrogens (primary N) is 1. The van der Waals surface area contributed by atoms with Gasteiger partial charge >= 0.3 is 0 Å². The molecule has 0 spiro atoms. The fourth-order valence-corrected chi connectivity index (χ4v) is 1.25. The molecule has 14 heavy (non-hydrogen) atoms. The summed E-state index contributed by atoms with van der Waals surface area (Å²) in [4.78, 5) is 8.42. The summed E-state index contributed by atoms with van der Waals surface area (Å²) in [7, 11) is 1.63. The minimum absolute atomic E-state index is 0.370. The van der Waals surface area contributed by atoms with Crippen LogP contribution in [-0.4, -0.2) is 17.1 Å². The summed E-state index contributed by atoms with van der Waals surface area (Å²) >= 11 is 0. The van der Waals surface area contributed by atoms with Crippen LogP contribution in [0.5, 0.6) is 5.75 Å². The Morgan fingerprint density at radius 3 is 2.71 bits per heavy atom. The van der Waals surface area contributed by atoms with Crippen molar-refractivity contribution in [1.82, 2.24) is 9.97 Å². The third-order valence-electron chi connectivity index (χ3n) is 1.88. The van der Waals surface area contributed by atoms with Crippen molar-refractivity contribution >= 4 is 0 Å². The second-order valence-electron chi connectivity index (χ2n) is 3.60. The molecule has 1 aromatic rings. The molecule has 4 nitrogen and oxygen atoms in total. The molecule has 1 aromatic heterocycles. The molecule has 0 unspecified atom stereocenters. The van der Waals surface area contributed by atoms with E-state index in [9.17, 15) is 0 Å². The molecule has 1 rings (SSSR count). The van der Waals surface area contributed by atoms with Crippen LogP contribution < -0.4 is 10.5 Å². The first-order valence-electron chi connectivity index (χ1n) is 4.76. The van der Waals surface area contributed by atoms with Crippen molar-refractivity contribution in [3.8, 4) is 5.75 Å². The minimum atomic E-state index is 0.370. The Labute approximate surface area is 84.5 Å². The predicted octanol–water partition coefficient (Wildman–Crippen LogP) is 1.14. The summed E-state index contributed by atoms with van der Waals surface area (Å²) in [5.41, 5.74) is 6.42. The van der Waals surface area contributed by atoms with E-state index in [0.717, 1.165) is 17.9 Å². The average Bonchev–Trinajstić information content (AvgIpc) is 2.16. The molecule has 0 amide bonds. The van der Waals surface area contributed by atoms with Crippen molar-refractivity contribution in [3.05, 3.63) is 17.7 Å². The molecule has 0 fully saturated rings. The Bertz CT molecular complexity index is 299. The normalized spacial score (nSPS) is 10.6. The molecular formula is C10H17N3O. The molecule has 4 heteroatoms. The van der Waals surface area contributed by atoms with E-state index in [-0.39, 0.29) is 0 Å². The molecular weight excluding hydrogens is 178 g/mol. The van der Waals surface area contributed by atoms with Crippen LogP contribution in [0.4, 0.5) is 0 Å². The van der Waals surface area contributed by atoms with E-state index in [0.29, 0.717) is 18.3 Å². The zero-order valence-corrected chi connectivity index (χ0v) is 8.95. The Kier molecular flexibility index (Phi) is 3.83. The Balaban J connectivity index is 2.96. The van der Waals surface area contributed by atoms with Crippen LogP contribution >= 0.6 is 0 Å². The number of rotatable bonds is 4. The lowest BCUT2D eigenvalue weighted by atomic mass is 10.1. The summed E-state index contributed by atoms with van der Waals surface area (Å²) in [6.07, 6.45) is 2.58. The zero-order chi connectivity index (χ0) is 10.6. The third-order valence-corrected chi connectivity index (χ3v) is 1.88. The minimum Gasteiger partial charge on any atom is -0.493 e. The van der Waals surface area contributed by atoms with Crippen LogP contribution in [0.2, 0.25) is 0 Å². The van der Waals surface area contributed by atoms with Gasteiger partial charge in [0.2, 0.25) is 0 Å². The molecule has 0 saturated carbocycles. The predicted molar refractivity (Wildman–Crippen MR) is 55.0 cm³/mol. The molecule has 0 aromatic carbocycles. The van der Waals surface area contributed by atoms with Gasteiger partial charge < -0.3 is 10.5 Å². The maximum atomic E-state index is 5.48. The Hall–Kier alpha value is -1.16. The van der Waals surface area contributed by atoms with E-state index < -0.39 is 0 Å². The molecule has 0 aliphatic rings. The first-order valence-corrected chi connectivity index (χ1v) is 4.76. The van der Waals surface area contributed by atoms with Gasteiger partial charge in [-0.2, -0.15) is 0 Å². The highest BCUT2D eigenvalue weighted by atomic mass is 16.5. The number of aromatic nitrogens is 2. The van der Waals surface area contributed by atoms with Gasteiger partial charge in [-0.3, -0.25) is 0 Å². The molecule has 78 valence electrons. The summed E-state index contributed by atoms with van der Waals surface area (Å²) in [5, 5.41) is 0. The summed E-state index contributed by atoms with van der Waals surface area (Å²) in [6.45, 7) is 4.66. The van der Waals surface area contributed by atoms with E-state index in [1.165, 1.54) is 0 Å². The van der Waals surface area contributed by atoms with Gasteiger partial charge in [0.05, 0.1) is 25.5 Å². The highest BCUT2D eigenvalue weighted by Crippen LogP contribution is 2.17. The number of nitrogens with zero attached hydrogens (tertiary/aromatic N) is 2.